The smallest absolute Gasteiger partial charge is 0.127 e. The van der Waals surface area contributed by atoms with Crippen LogP contribution < -0.4 is 5.73 Å². The molecule has 0 saturated carbocycles. The van der Waals surface area contributed by atoms with Crippen molar-refractivity contribution in [3.63, 3.8) is 0 Å². The first kappa shape index (κ1) is 17.7. The fraction of sp³-hybridized carbons (Fsp3) is 0.409. The molecular weight excluding hydrogens is 306 g/mol. The third-order valence-electron chi connectivity index (χ3n) is 5.15. The van der Waals surface area contributed by atoms with Crippen molar-refractivity contribution in [1.29, 1.82) is 0 Å². The summed E-state index contributed by atoms with van der Waals surface area (Å²) in [5.74, 6) is 1.54. The molecule has 1 aromatic heterocycles. The largest absolute Gasteiger partial charge is 0.322 e. The monoisotopic (exact) mass is 335 g/mol. The highest BCUT2D eigenvalue weighted by molar-refractivity contribution is 5.78. The number of nitrogens with two attached hydrogens (primary N) is 1. The van der Waals surface area contributed by atoms with Crippen LogP contribution in [0.3, 0.4) is 0 Å². The predicted octanol–water partition coefficient (Wildman–Crippen LogP) is 5.23. The van der Waals surface area contributed by atoms with Gasteiger partial charge in [-0.15, -0.1) is 0 Å². The molecule has 2 aromatic carbocycles. The van der Waals surface area contributed by atoms with Crippen LogP contribution >= 0.6 is 0 Å². The van der Waals surface area contributed by atoms with Crippen molar-refractivity contribution in [3.05, 3.63) is 64.5 Å². The van der Waals surface area contributed by atoms with Gasteiger partial charge >= 0.3 is 0 Å². The third-order valence-corrected chi connectivity index (χ3v) is 5.15. The van der Waals surface area contributed by atoms with Crippen molar-refractivity contribution >= 4 is 11.0 Å². The van der Waals surface area contributed by atoms with Gasteiger partial charge in [-0.1, -0.05) is 45.0 Å². The van der Waals surface area contributed by atoms with Gasteiger partial charge in [0.2, 0.25) is 0 Å². The summed E-state index contributed by atoms with van der Waals surface area (Å²) >= 11 is 0. The van der Waals surface area contributed by atoms with Crippen LogP contribution in [0.2, 0.25) is 0 Å². The van der Waals surface area contributed by atoms with Crippen LogP contribution in [0.4, 0.5) is 0 Å². The summed E-state index contributed by atoms with van der Waals surface area (Å²) in [5.41, 5.74) is 13.8. The van der Waals surface area contributed by atoms with E-state index in [2.05, 4.69) is 75.6 Å². The molecule has 1 atom stereocenters. The highest BCUT2D eigenvalue weighted by Gasteiger charge is 2.17. The van der Waals surface area contributed by atoms with Crippen LogP contribution in [0, 0.1) is 13.8 Å². The van der Waals surface area contributed by atoms with E-state index in [1.807, 2.05) is 0 Å². The van der Waals surface area contributed by atoms with Crippen molar-refractivity contribution in [3.8, 4) is 0 Å². The maximum Gasteiger partial charge on any atom is 0.127 e. The molecule has 0 fully saturated rings. The quantitative estimate of drug-likeness (QED) is 0.693. The van der Waals surface area contributed by atoms with E-state index < -0.39 is 0 Å². The number of fused-ring (bicyclic) bond motifs is 1. The lowest BCUT2D eigenvalue weighted by Crippen LogP contribution is -2.16. The second-order valence-electron chi connectivity index (χ2n) is 7.39. The van der Waals surface area contributed by atoms with Crippen LogP contribution in [0.25, 0.3) is 11.0 Å². The second-order valence-corrected chi connectivity index (χ2v) is 7.39. The molecule has 3 heteroatoms. The standard InChI is InChI=1S/C22H29N3/c1-6-19(23)22-24-20-11-15(4)16(5)12-21(20)25(22)13-17-7-9-18(10-8-17)14(2)3/h7-12,14,19H,6,13,23H2,1-5H3. The minimum Gasteiger partial charge on any atom is -0.322 e. The Morgan fingerprint density at radius 3 is 2.28 bits per heavy atom. The van der Waals surface area contributed by atoms with E-state index in [0.717, 1.165) is 24.3 Å². The SMILES string of the molecule is CCC(N)c1nc2cc(C)c(C)cc2n1Cc1ccc(C(C)C)cc1. The zero-order valence-electron chi connectivity index (χ0n) is 16.0. The molecule has 0 bridgehead atoms. The number of aromatic nitrogens is 2. The summed E-state index contributed by atoms with van der Waals surface area (Å²) in [4.78, 5) is 4.87. The first-order valence-corrected chi connectivity index (χ1v) is 9.22. The molecule has 25 heavy (non-hydrogen) atoms. The zero-order valence-corrected chi connectivity index (χ0v) is 16.0. The number of benzene rings is 2. The number of aryl methyl sites for hydroxylation is 2. The maximum absolute atomic E-state index is 6.37. The van der Waals surface area contributed by atoms with Gasteiger partial charge < -0.3 is 10.3 Å². The normalized spacial score (nSPS) is 12.9. The van der Waals surface area contributed by atoms with Gasteiger partial charge in [-0.25, -0.2) is 4.98 Å². The molecule has 0 aliphatic carbocycles. The summed E-state index contributed by atoms with van der Waals surface area (Å²) in [6.07, 6.45) is 0.883. The van der Waals surface area contributed by atoms with Gasteiger partial charge in [-0.05, 0) is 60.6 Å². The summed E-state index contributed by atoms with van der Waals surface area (Å²) in [5, 5.41) is 0. The van der Waals surface area contributed by atoms with Gasteiger partial charge in [-0.3, -0.25) is 0 Å². The van der Waals surface area contributed by atoms with E-state index in [9.17, 15) is 0 Å². The predicted molar refractivity (Wildman–Crippen MR) is 106 cm³/mol. The molecule has 2 N–H and O–H groups in total. The van der Waals surface area contributed by atoms with Gasteiger partial charge in [0.1, 0.15) is 5.82 Å². The molecule has 0 saturated heterocycles. The molecule has 3 aromatic rings. The number of hydrogen-bond acceptors (Lipinski definition) is 2. The molecule has 3 rings (SSSR count). The summed E-state index contributed by atoms with van der Waals surface area (Å²) in [7, 11) is 0. The summed E-state index contributed by atoms with van der Waals surface area (Å²) in [6.45, 7) is 11.7. The van der Waals surface area contributed by atoms with E-state index in [1.54, 1.807) is 0 Å². The molecule has 132 valence electrons. The van der Waals surface area contributed by atoms with E-state index in [-0.39, 0.29) is 6.04 Å². The molecule has 0 aliphatic rings. The molecule has 0 radical (unpaired) electrons. The number of rotatable bonds is 5. The molecule has 0 aliphatic heterocycles. The summed E-state index contributed by atoms with van der Waals surface area (Å²) < 4.78 is 2.29. The number of hydrogen-bond donors (Lipinski definition) is 1. The van der Waals surface area contributed by atoms with E-state index >= 15 is 0 Å². The minimum absolute atomic E-state index is 0.0389. The third kappa shape index (κ3) is 3.47. The Morgan fingerprint density at radius 1 is 1.04 bits per heavy atom. The first-order valence-electron chi connectivity index (χ1n) is 9.22. The Morgan fingerprint density at radius 2 is 1.68 bits per heavy atom. The van der Waals surface area contributed by atoms with Gasteiger partial charge in [0.25, 0.3) is 0 Å². The average molecular weight is 335 g/mol. The van der Waals surface area contributed by atoms with Gasteiger partial charge in [-0.2, -0.15) is 0 Å². The van der Waals surface area contributed by atoms with Crippen molar-refractivity contribution in [1.82, 2.24) is 9.55 Å². The van der Waals surface area contributed by atoms with Crippen LogP contribution in [0.15, 0.2) is 36.4 Å². The van der Waals surface area contributed by atoms with Crippen LogP contribution in [-0.2, 0) is 6.54 Å². The Hall–Kier alpha value is -2.13. The number of nitrogens with zero attached hydrogens (tertiary/aromatic N) is 2. The fourth-order valence-electron chi connectivity index (χ4n) is 3.22. The highest BCUT2D eigenvalue weighted by Crippen LogP contribution is 2.26. The Kier molecular flexibility index (Phi) is 4.96. The van der Waals surface area contributed by atoms with E-state index in [4.69, 9.17) is 10.7 Å². The highest BCUT2D eigenvalue weighted by atomic mass is 15.1. The summed E-state index contributed by atoms with van der Waals surface area (Å²) in [6, 6.07) is 13.3. The van der Waals surface area contributed by atoms with Crippen molar-refractivity contribution in [2.45, 2.75) is 59.5 Å². The van der Waals surface area contributed by atoms with Crippen LogP contribution in [-0.4, -0.2) is 9.55 Å². The Bertz CT molecular complexity index is 872. The minimum atomic E-state index is -0.0389. The van der Waals surface area contributed by atoms with Crippen molar-refractivity contribution < 1.29 is 0 Å². The van der Waals surface area contributed by atoms with Gasteiger partial charge in [0.05, 0.1) is 17.1 Å². The Balaban J connectivity index is 2.07. The molecule has 1 heterocycles. The van der Waals surface area contributed by atoms with Crippen molar-refractivity contribution in [2.75, 3.05) is 0 Å². The maximum atomic E-state index is 6.37. The second kappa shape index (κ2) is 7.01. The lowest BCUT2D eigenvalue weighted by molar-refractivity contribution is 0.605. The molecule has 0 spiro atoms. The Labute approximate surface area is 150 Å². The molecule has 0 amide bonds. The van der Waals surface area contributed by atoms with Gasteiger partial charge in [0, 0.05) is 6.54 Å². The first-order chi connectivity index (χ1) is 11.9. The number of imidazole rings is 1. The lowest BCUT2D eigenvalue weighted by Gasteiger charge is -2.14. The van der Waals surface area contributed by atoms with Crippen molar-refractivity contribution in [2.24, 2.45) is 5.73 Å². The topological polar surface area (TPSA) is 43.8 Å². The fourth-order valence-corrected chi connectivity index (χ4v) is 3.22. The van der Waals surface area contributed by atoms with Gasteiger partial charge in [0.15, 0.2) is 0 Å². The average Bonchev–Trinajstić information content (AvgIpc) is 2.92. The molecule has 1 unspecified atom stereocenters. The lowest BCUT2D eigenvalue weighted by atomic mass is 10.0. The van der Waals surface area contributed by atoms with Crippen LogP contribution in [0.1, 0.15) is 67.2 Å². The molecule has 3 nitrogen and oxygen atoms in total. The molecular formula is C22H29N3. The van der Waals surface area contributed by atoms with E-state index in [1.165, 1.54) is 27.8 Å². The van der Waals surface area contributed by atoms with E-state index in [0.29, 0.717) is 5.92 Å². The zero-order chi connectivity index (χ0) is 18.1. The van der Waals surface area contributed by atoms with Crippen LogP contribution in [0.5, 0.6) is 0 Å².